The smallest absolute Gasteiger partial charge is 0.417 e. The van der Waals surface area contributed by atoms with Gasteiger partial charge in [-0.25, -0.2) is 5.43 Å². The van der Waals surface area contributed by atoms with Crippen LogP contribution in [0.4, 0.5) is 13.2 Å². The molecule has 25 heavy (non-hydrogen) atoms. The lowest BCUT2D eigenvalue weighted by Crippen LogP contribution is -2.18. The third-order valence-corrected chi connectivity index (χ3v) is 3.28. The number of ether oxygens (including phenoxy) is 2. The highest BCUT2D eigenvalue weighted by Gasteiger charge is 2.32. The summed E-state index contributed by atoms with van der Waals surface area (Å²) in [5, 5.41) is 3.59. The monoisotopic (exact) mass is 352 g/mol. The number of halogens is 3. The Bertz CT molecular complexity index is 789. The van der Waals surface area contributed by atoms with E-state index in [2.05, 4.69) is 10.5 Å². The van der Waals surface area contributed by atoms with E-state index in [1.54, 1.807) is 0 Å². The van der Waals surface area contributed by atoms with E-state index in [-0.39, 0.29) is 11.1 Å². The Balaban J connectivity index is 2.14. The molecule has 2 aromatic carbocycles. The highest BCUT2D eigenvalue weighted by atomic mass is 19.4. The molecule has 1 amide bonds. The van der Waals surface area contributed by atoms with Crippen LogP contribution in [0.1, 0.15) is 21.5 Å². The van der Waals surface area contributed by atoms with Gasteiger partial charge in [-0.2, -0.15) is 18.3 Å². The molecule has 0 fully saturated rings. The fourth-order valence-corrected chi connectivity index (χ4v) is 2.07. The van der Waals surface area contributed by atoms with Crippen LogP contribution in [0.25, 0.3) is 0 Å². The van der Waals surface area contributed by atoms with Gasteiger partial charge < -0.3 is 9.47 Å². The number of nitrogens with one attached hydrogen (secondary N) is 1. The highest BCUT2D eigenvalue weighted by molar-refractivity contribution is 5.95. The van der Waals surface area contributed by atoms with Gasteiger partial charge in [0.15, 0.2) is 11.5 Å². The average molecular weight is 352 g/mol. The summed E-state index contributed by atoms with van der Waals surface area (Å²) in [5.74, 6) is 0.199. The number of hydrazone groups is 1. The van der Waals surface area contributed by atoms with Gasteiger partial charge in [0.2, 0.25) is 0 Å². The standard InChI is InChI=1S/C17H15F3N2O3/c1-24-14-8-7-11(9-15(14)25-2)16(23)22-21-10-12-5-3-4-6-13(12)17(18,19)20/h3-10H,1-2H3,(H,22,23). The predicted octanol–water partition coefficient (Wildman–Crippen LogP) is 3.49. The molecular weight excluding hydrogens is 337 g/mol. The number of hydrogen-bond acceptors (Lipinski definition) is 4. The van der Waals surface area contributed by atoms with Crippen LogP contribution in [0.2, 0.25) is 0 Å². The van der Waals surface area contributed by atoms with Crippen molar-refractivity contribution < 1.29 is 27.4 Å². The quantitative estimate of drug-likeness (QED) is 0.662. The van der Waals surface area contributed by atoms with Crippen molar-refractivity contribution in [2.75, 3.05) is 14.2 Å². The molecule has 0 unspecified atom stereocenters. The number of rotatable bonds is 5. The SMILES string of the molecule is COc1ccc(C(=O)NN=Cc2ccccc2C(F)(F)F)cc1OC. The second kappa shape index (κ2) is 7.69. The van der Waals surface area contributed by atoms with Crippen LogP contribution in [-0.2, 0) is 6.18 Å². The fourth-order valence-electron chi connectivity index (χ4n) is 2.07. The van der Waals surface area contributed by atoms with Gasteiger partial charge in [-0.3, -0.25) is 4.79 Å². The van der Waals surface area contributed by atoms with Gasteiger partial charge in [-0.15, -0.1) is 0 Å². The minimum Gasteiger partial charge on any atom is -0.493 e. The summed E-state index contributed by atoms with van der Waals surface area (Å²) < 4.78 is 48.8. The van der Waals surface area contributed by atoms with Gasteiger partial charge in [0.05, 0.1) is 26.0 Å². The van der Waals surface area contributed by atoms with Crippen LogP contribution in [0.3, 0.4) is 0 Å². The Morgan fingerprint density at radius 2 is 1.76 bits per heavy atom. The summed E-state index contributed by atoms with van der Waals surface area (Å²) in [6.45, 7) is 0. The van der Waals surface area contributed by atoms with Crippen LogP contribution in [-0.4, -0.2) is 26.3 Å². The van der Waals surface area contributed by atoms with E-state index >= 15 is 0 Å². The molecule has 0 saturated heterocycles. The zero-order valence-electron chi connectivity index (χ0n) is 13.4. The van der Waals surface area contributed by atoms with Crippen molar-refractivity contribution in [2.24, 2.45) is 5.10 Å². The van der Waals surface area contributed by atoms with Gasteiger partial charge in [-0.05, 0) is 24.3 Å². The molecule has 0 aliphatic carbocycles. The zero-order valence-corrected chi connectivity index (χ0v) is 13.4. The fraction of sp³-hybridized carbons (Fsp3) is 0.176. The molecule has 0 aliphatic rings. The number of carbonyl (C=O) groups is 1. The van der Waals surface area contributed by atoms with Crippen molar-refractivity contribution in [3.63, 3.8) is 0 Å². The Morgan fingerprint density at radius 1 is 1.08 bits per heavy atom. The number of carbonyl (C=O) groups excluding carboxylic acids is 1. The van der Waals surface area contributed by atoms with E-state index in [1.165, 1.54) is 50.6 Å². The molecule has 0 saturated carbocycles. The lowest BCUT2D eigenvalue weighted by molar-refractivity contribution is -0.137. The van der Waals surface area contributed by atoms with E-state index in [0.29, 0.717) is 11.5 Å². The Labute approximate surface area is 142 Å². The zero-order chi connectivity index (χ0) is 18.4. The van der Waals surface area contributed by atoms with Gasteiger partial charge >= 0.3 is 6.18 Å². The summed E-state index contributed by atoms with van der Waals surface area (Å²) in [6, 6.07) is 9.39. The number of benzene rings is 2. The lowest BCUT2D eigenvalue weighted by Gasteiger charge is -2.09. The van der Waals surface area contributed by atoms with Gasteiger partial charge in [0.25, 0.3) is 5.91 Å². The number of methoxy groups -OCH3 is 2. The topological polar surface area (TPSA) is 59.9 Å². The Hall–Kier alpha value is -3.03. The van der Waals surface area contributed by atoms with Crippen LogP contribution < -0.4 is 14.9 Å². The molecule has 2 rings (SSSR count). The van der Waals surface area contributed by atoms with E-state index < -0.39 is 17.6 Å². The molecule has 0 spiro atoms. The van der Waals surface area contributed by atoms with Crippen LogP contribution >= 0.6 is 0 Å². The molecule has 2 aromatic rings. The van der Waals surface area contributed by atoms with E-state index in [1.807, 2.05) is 0 Å². The molecule has 8 heteroatoms. The van der Waals surface area contributed by atoms with E-state index in [4.69, 9.17) is 9.47 Å². The maximum Gasteiger partial charge on any atom is 0.417 e. The van der Waals surface area contributed by atoms with Crippen LogP contribution in [0.5, 0.6) is 11.5 Å². The molecule has 0 aromatic heterocycles. The summed E-state index contributed by atoms with van der Waals surface area (Å²) in [5.41, 5.74) is 1.42. The first-order chi connectivity index (χ1) is 11.9. The third kappa shape index (κ3) is 4.50. The van der Waals surface area contributed by atoms with Crippen molar-refractivity contribution >= 4 is 12.1 Å². The molecule has 132 valence electrons. The summed E-state index contributed by atoms with van der Waals surface area (Å²) in [6.07, 6.45) is -3.56. The van der Waals surface area contributed by atoms with E-state index in [0.717, 1.165) is 12.3 Å². The summed E-state index contributed by atoms with van der Waals surface area (Å²) >= 11 is 0. The minimum atomic E-state index is -4.50. The number of alkyl halides is 3. The number of nitrogens with zero attached hydrogens (tertiary/aromatic N) is 1. The van der Waals surface area contributed by atoms with Crippen molar-refractivity contribution in [2.45, 2.75) is 6.18 Å². The van der Waals surface area contributed by atoms with Crippen molar-refractivity contribution in [3.8, 4) is 11.5 Å². The molecular formula is C17H15F3N2O3. The van der Waals surface area contributed by atoms with Crippen LogP contribution in [0.15, 0.2) is 47.6 Å². The minimum absolute atomic E-state index is 0.150. The molecule has 0 heterocycles. The first kappa shape index (κ1) is 18.3. The third-order valence-electron chi connectivity index (χ3n) is 3.28. The molecule has 0 radical (unpaired) electrons. The van der Waals surface area contributed by atoms with Gasteiger partial charge in [0, 0.05) is 11.1 Å². The Morgan fingerprint density at radius 3 is 2.40 bits per heavy atom. The number of amides is 1. The molecule has 1 N–H and O–H groups in total. The van der Waals surface area contributed by atoms with Crippen molar-refractivity contribution in [1.29, 1.82) is 0 Å². The lowest BCUT2D eigenvalue weighted by atomic mass is 10.1. The normalized spacial score (nSPS) is 11.4. The average Bonchev–Trinajstić information content (AvgIpc) is 2.60. The molecule has 0 aliphatic heterocycles. The van der Waals surface area contributed by atoms with Crippen LogP contribution in [0, 0.1) is 0 Å². The van der Waals surface area contributed by atoms with E-state index in [9.17, 15) is 18.0 Å². The first-order valence-corrected chi connectivity index (χ1v) is 7.08. The first-order valence-electron chi connectivity index (χ1n) is 7.08. The molecule has 0 atom stereocenters. The molecule has 0 bridgehead atoms. The van der Waals surface area contributed by atoms with Gasteiger partial charge in [0.1, 0.15) is 0 Å². The van der Waals surface area contributed by atoms with Crippen molar-refractivity contribution in [3.05, 3.63) is 59.2 Å². The van der Waals surface area contributed by atoms with Crippen molar-refractivity contribution in [1.82, 2.24) is 5.43 Å². The Kier molecular flexibility index (Phi) is 5.63. The summed E-state index contributed by atoms with van der Waals surface area (Å²) in [7, 11) is 2.88. The maximum absolute atomic E-state index is 12.9. The maximum atomic E-state index is 12.9. The summed E-state index contributed by atoms with van der Waals surface area (Å²) in [4.78, 5) is 12.0. The second-order valence-corrected chi connectivity index (χ2v) is 4.85. The largest absolute Gasteiger partial charge is 0.493 e. The second-order valence-electron chi connectivity index (χ2n) is 4.85. The molecule has 5 nitrogen and oxygen atoms in total. The number of hydrogen-bond donors (Lipinski definition) is 1. The van der Waals surface area contributed by atoms with Gasteiger partial charge in [-0.1, -0.05) is 18.2 Å². The highest BCUT2D eigenvalue weighted by Crippen LogP contribution is 2.31. The predicted molar refractivity (Wildman–Crippen MR) is 86.1 cm³/mol.